The van der Waals surface area contributed by atoms with E-state index in [2.05, 4.69) is 26.1 Å². The summed E-state index contributed by atoms with van der Waals surface area (Å²) in [5.74, 6) is 1.72. The predicted molar refractivity (Wildman–Crippen MR) is 73.5 cm³/mol. The Balaban J connectivity index is 2.16. The van der Waals surface area contributed by atoms with Gasteiger partial charge in [0.05, 0.1) is 0 Å². The molecule has 17 heavy (non-hydrogen) atoms. The molecule has 1 unspecified atom stereocenters. The monoisotopic (exact) mass is 235 g/mol. The maximum atomic E-state index is 5.64. The van der Waals surface area contributed by atoms with Gasteiger partial charge < -0.3 is 10.1 Å². The molecular formula is C15H25NO. The van der Waals surface area contributed by atoms with Gasteiger partial charge in [0.1, 0.15) is 12.4 Å². The Bertz CT molecular complexity index is 282. The van der Waals surface area contributed by atoms with Crippen LogP contribution in [-0.4, -0.2) is 19.2 Å². The number of hydrogen-bond donors (Lipinski definition) is 1. The molecule has 1 rings (SSSR count). The van der Waals surface area contributed by atoms with E-state index in [4.69, 9.17) is 4.74 Å². The summed E-state index contributed by atoms with van der Waals surface area (Å²) in [5.41, 5.74) is 0. The molecule has 0 aliphatic heterocycles. The molecular weight excluding hydrogens is 210 g/mol. The first-order valence-corrected chi connectivity index (χ1v) is 6.69. The fourth-order valence-electron chi connectivity index (χ4n) is 2.13. The second kappa shape index (κ2) is 8.13. The van der Waals surface area contributed by atoms with Crippen LogP contribution in [0, 0.1) is 5.92 Å². The van der Waals surface area contributed by atoms with Crippen molar-refractivity contribution in [2.45, 2.75) is 39.7 Å². The van der Waals surface area contributed by atoms with Crippen LogP contribution >= 0.6 is 0 Å². The second-order valence-corrected chi connectivity index (χ2v) is 4.48. The first-order valence-electron chi connectivity index (χ1n) is 6.69. The van der Waals surface area contributed by atoms with Crippen molar-refractivity contribution in [2.75, 3.05) is 13.2 Å². The number of benzene rings is 1. The summed E-state index contributed by atoms with van der Waals surface area (Å²) in [4.78, 5) is 0. The first kappa shape index (κ1) is 14.0. The molecule has 0 saturated carbocycles. The number of para-hydroxylation sites is 1. The third-order valence-corrected chi connectivity index (χ3v) is 3.34. The van der Waals surface area contributed by atoms with Gasteiger partial charge in [-0.15, -0.1) is 0 Å². The van der Waals surface area contributed by atoms with Gasteiger partial charge in [-0.2, -0.15) is 0 Å². The van der Waals surface area contributed by atoms with E-state index in [-0.39, 0.29) is 0 Å². The molecule has 0 aliphatic rings. The van der Waals surface area contributed by atoms with Crippen LogP contribution in [0.4, 0.5) is 0 Å². The van der Waals surface area contributed by atoms with Crippen LogP contribution in [0.3, 0.4) is 0 Å². The number of rotatable bonds is 8. The molecule has 0 radical (unpaired) electrons. The van der Waals surface area contributed by atoms with Gasteiger partial charge in [0.2, 0.25) is 0 Å². The quantitative estimate of drug-likeness (QED) is 0.697. The molecule has 1 N–H and O–H groups in total. The molecule has 0 fully saturated rings. The van der Waals surface area contributed by atoms with E-state index in [0.717, 1.165) is 24.8 Å². The molecule has 1 aromatic carbocycles. The third-order valence-electron chi connectivity index (χ3n) is 3.34. The molecule has 2 heteroatoms. The average Bonchev–Trinajstić information content (AvgIpc) is 2.37. The maximum Gasteiger partial charge on any atom is 0.119 e. The highest BCUT2D eigenvalue weighted by Gasteiger charge is 2.11. The van der Waals surface area contributed by atoms with E-state index in [1.54, 1.807) is 0 Å². The summed E-state index contributed by atoms with van der Waals surface area (Å²) in [5, 5.41) is 3.53. The zero-order valence-corrected chi connectivity index (χ0v) is 11.3. The lowest BCUT2D eigenvalue weighted by Crippen LogP contribution is -2.35. The molecule has 0 saturated heterocycles. The van der Waals surface area contributed by atoms with Crippen molar-refractivity contribution in [3.63, 3.8) is 0 Å². The lowest BCUT2D eigenvalue weighted by Gasteiger charge is -2.22. The molecule has 1 aromatic rings. The van der Waals surface area contributed by atoms with Gasteiger partial charge >= 0.3 is 0 Å². The highest BCUT2D eigenvalue weighted by molar-refractivity contribution is 5.20. The predicted octanol–water partition coefficient (Wildman–Crippen LogP) is 3.48. The van der Waals surface area contributed by atoms with Gasteiger partial charge in [-0.3, -0.25) is 0 Å². The Morgan fingerprint density at radius 1 is 1.12 bits per heavy atom. The van der Waals surface area contributed by atoms with Crippen molar-refractivity contribution in [1.82, 2.24) is 5.32 Å². The summed E-state index contributed by atoms with van der Waals surface area (Å²) in [7, 11) is 0. The van der Waals surface area contributed by atoms with Crippen molar-refractivity contribution in [3.8, 4) is 5.75 Å². The van der Waals surface area contributed by atoms with E-state index in [1.807, 2.05) is 30.3 Å². The highest BCUT2D eigenvalue weighted by atomic mass is 16.5. The van der Waals surface area contributed by atoms with Crippen LogP contribution in [0.25, 0.3) is 0 Å². The van der Waals surface area contributed by atoms with E-state index >= 15 is 0 Å². The maximum absolute atomic E-state index is 5.64. The van der Waals surface area contributed by atoms with E-state index in [9.17, 15) is 0 Å². The molecule has 0 bridgehead atoms. The number of hydrogen-bond acceptors (Lipinski definition) is 2. The first-order chi connectivity index (χ1) is 8.27. The minimum absolute atomic E-state index is 0.573. The standard InChI is InChI=1S/C15H25NO/c1-4-14(5-2)13(3)16-11-12-17-15-9-7-6-8-10-15/h6-10,13-14,16H,4-5,11-12H2,1-3H3. The topological polar surface area (TPSA) is 21.3 Å². The van der Waals surface area contributed by atoms with Gasteiger partial charge in [0, 0.05) is 12.6 Å². The summed E-state index contributed by atoms with van der Waals surface area (Å²) >= 11 is 0. The zero-order valence-electron chi connectivity index (χ0n) is 11.3. The van der Waals surface area contributed by atoms with E-state index < -0.39 is 0 Å². The highest BCUT2D eigenvalue weighted by Crippen LogP contribution is 2.12. The number of ether oxygens (including phenoxy) is 1. The zero-order chi connectivity index (χ0) is 12.5. The van der Waals surface area contributed by atoms with Crippen LogP contribution in [0.15, 0.2) is 30.3 Å². The van der Waals surface area contributed by atoms with Crippen LogP contribution in [-0.2, 0) is 0 Å². The summed E-state index contributed by atoms with van der Waals surface area (Å²) in [6.45, 7) is 8.42. The summed E-state index contributed by atoms with van der Waals surface area (Å²) < 4.78 is 5.64. The Hall–Kier alpha value is -1.02. The molecule has 1 atom stereocenters. The Labute approximate surface area is 105 Å². The third kappa shape index (κ3) is 5.22. The van der Waals surface area contributed by atoms with Crippen molar-refractivity contribution < 1.29 is 4.74 Å². The molecule has 96 valence electrons. The Morgan fingerprint density at radius 2 is 1.76 bits per heavy atom. The van der Waals surface area contributed by atoms with Crippen LogP contribution < -0.4 is 10.1 Å². The van der Waals surface area contributed by atoms with Crippen molar-refractivity contribution in [1.29, 1.82) is 0 Å². The van der Waals surface area contributed by atoms with Gasteiger partial charge in [0.25, 0.3) is 0 Å². The smallest absolute Gasteiger partial charge is 0.119 e. The Kier molecular flexibility index (Phi) is 6.71. The van der Waals surface area contributed by atoms with Crippen molar-refractivity contribution in [2.24, 2.45) is 5.92 Å². The van der Waals surface area contributed by atoms with Crippen LogP contribution in [0.5, 0.6) is 5.75 Å². The molecule has 2 nitrogen and oxygen atoms in total. The molecule has 0 aliphatic carbocycles. The fraction of sp³-hybridized carbons (Fsp3) is 0.600. The molecule has 0 heterocycles. The van der Waals surface area contributed by atoms with Gasteiger partial charge in [0.15, 0.2) is 0 Å². The summed E-state index contributed by atoms with van der Waals surface area (Å²) in [6.07, 6.45) is 2.48. The lowest BCUT2D eigenvalue weighted by molar-refractivity contribution is 0.284. The van der Waals surface area contributed by atoms with Crippen molar-refractivity contribution >= 4 is 0 Å². The largest absolute Gasteiger partial charge is 0.492 e. The number of nitrogens with one attached hydrogen (secondary N) is 1. The van der Waals surface area contributed by atoms with E-state index in [0.29, 0.717) is 6.04 Å². The van der Waals surface area contributed by atoms with Gasteiger partial charge in [-0.25, -0.2) is 0 Å². The molecule has 0 amide bonds. The SMILES string of the molecule is CCC(CC)C(C)NCCOc1ccccc1. The second-order valence-electron chi connectivity index (χ2n) is 4.48. The molecule has 0 aromatic heterocycles. The fourth-order valence-corrected chi connectivity index (χ4v) is 2.13. The summed E-state index contributed by atoms with van der Waals surface area (Å²) in [6, 6.07) is 10.5. The molecule has 0 spiro atoms. The Morgan fingerprint density at radius 3 is 2.35 bits per heavy atom. The van der Waals surface area contributed by atoms with Crippen LogP contribution in [0.2, 0.25) is 0 Å². The minimum Gasteiger partial charge on any atom is -0.492 e. The van der Waals surface area contributed by atoms with Gasteiger partial charge in [-0.05, 0) is 25.0 Å². The minimum atomic E-state index is 0.573. The van der Waals surface area contributed by atoms with Crippen molar-refractivity contribution in [3.05, 3.63) is 30.3 Å². The van der Waals surface area contributed by atoms with Gasteiger partial charge in [-0.1, -0.05) is 44.9 Å². The lowest BCUT2D eigenvalue weighted by atomic mass is 9.96. The van der Waals surface area contributed by atoms with E-state index in [1.165, 1.54) is 12.8 Å². The normalized spacial score (nSPS) is 12.7. The van der Waals surface area contributed by atoms with Crippen LogP contribution in [0.1, 0.15) is 33.6 Å². The average molecular weight is 235 g/mol.